The molecule has 0 radical (unpaired) electrons. The first-order chi connectivity index (χ1) is 9.06. The van der Waals surface area contributed by atoms with Crippen LogP contribution in [-0.4, -0.2) is 17.8 Å². The highest BCUT2D eigenvalue weighted by Crippen LogP contribution is 2.31. The van der Waals surface area contributed by atoms with Gasteiger partial charge in [0.2, 0.25) is 0 Å². The number of ether oxygens (including phenoxy) is 1. The summed E-state index contributed by atoms with van der Waals surface area (Å²) >= 11 is -0.670. The molecule has 0 aliphatic heterocycles. The van der Waals surface area contributed by atoms with Crippen molar-refractivity contribution in [2.75, 3.05) is 6.61 Å². The van der Waals surface area contributed by atoms with Crippen LogP contribution in [0.15, 0.2) is 0 Å². The predicted octanol–water partition coefficient (Wildman–Crippen LogP) is 2.35. The zero-order valence-electron chi connectivity index (χ0n) is 10.4. The summed E-state index contributed by atoms with van der Waals surface area (Å²) < 4.78 is 33.7. The molecule has 5 nitrogen and oxygen atoms in total. The largest absolute Gasteiger partial charge is 0.691 e. The number of hydrogen-bond donors (Lipinski definition) is 0. The van der Waals surface area contributed by atoms with Gasteiger partial charge in [0.1, 0.15) is 12.0 Å². The van der Waals surface area contributed by atoms with Crippen molar-refractivity contribution in [2.24, 2.45) is 5.92 Å². The lowest BCUT2D eigenvalue weighted by atomic mass is 9.86. The molecule has 1 fully saturated rings. The number of rotatable bonds is 8. The molecule has 19 heavy (non-hydrogen) atoms. The summed E-state index contributed by atoms with van der Waals surface area (Å²) in [6.45, 7) is -0.0519. The molecule has 0 bridgehead atoms. The van der Waals surface area contributed by atoms with Gasteiger partial charge in [0.25, 0.3) is 0 Å². The third-order valence-electron chi connectivity index (χ3n) is 3.12. The molecule has 0 heterocycles. The highest BCUT2D eigenvalue weighted by molar-refractivity contribution is 7.96. The molecule has 112 valence electrons. The molecule has 0 saturated heterocycles. The maximum Gasteiger partial charge on any atom is 0.415 e. The summed E-state index contributed by atoms with van der Waals surface area (Å²) in [4.78, 5) is 11.0. The molecule has 0 aromatic heterocycles. The van der Waals surface area contributed by atoms with Gasteiger partial charge in [-0.1, -0.05) is 32.1 Å². The van der Waals surface area contributed by atoms with E-state index in [0.717, 1.165) is 19.3 Å². The molecule has 0 N–H and O–H groups in total. The Hall–Kier alpha value is -0.440. The molecule has 0 spiro atoms. The van der Waals surface area contributed by atoms with Gasteiger partial charge >= 0.3 is 11.2 Å². The summed E-state index contributed by atoms with van der Waals surface area (Å²) in [5.41, 5.74) is 0. The predicted molar refractivity (Wildman–Crippen MR) is 61.5 cm³/mol. The molecule has 0 atom stereocenters. The van der Waals surface area contributed by atoms with E-state index in [0.29, 0.717) is 12.3 Å². The van der Waals surface area contributed by atoms with E-state index in [-0.39, 0.29) is 6.61 Å². The summed E-state index contributed by atoms with van der Waals surface area (Å²) in [6.07, 6.45) is 7.46. The van der Waals surface area contributed by atoms with Gasteiger partial charge in [-0.25, -0.2) is 4.79 Å². The van der Waals surface area contributed by atoms with Crippen molar-refractivity contribution in [2.45, 2.75) is 50.2 Å². The Bertz CT molecular complexity index is 272. The lowest BCUT2D eigenvalue weighted by molar-refractivity contribution is -0.777. The van der Waals surface area contributed by atoms with Crippen molar-refractivity contribution < 1.29 is 32.9 Å². The van der Waals surface area contributed by atoms with Crippen LogP contribution >= 0.6 is 12.0 Å². The Balaban J connectivity index is 2.12. The van der Waals surface area contributed by atoms with E-state index in [1.165, 1.54) is 19.3 Å². The highest BCUT2D eigenvalue weighted by Gasteiger charge is 2.43. The van der Waals surface area contributed by atoms with Gasteiger partial charge in [-0.2, -0.15) is 13.1 Å². The van der Waals surface area contributed by atoms with Crippen LogP contribution in [0.1, 0.15) is 44.9 Å². The highest BCUT2D eigenvalue weighted by atomic mass is 32.2. The molecule has 8 heteroatoms. The van der Waals surface area contributed by atoms with Gasteiger partial charge in [-0.3, -0.25) is 5.04 Å². The van der Waals surface area contributed by atoms with Gasteiger partial charge in [-0.05, 0) is 18.8 Å². The summed E-state index contributed by atoms with van der Waals surface area (Å²) in [5.74, 6) is -1.11. The number of hydrogen-bond acceptors (Lipinski definition) is 6. The van der Waals surface area contributed by atoms with Gasteiger partial charge in [0.15, 0.2) is 0 Å². The minimum Gasteiger partial charge on any atom is -0.691 e. The van der Waals surface area contributed by atoms with E-state index >= 15 is 0 Å². The maximum absolute atomic E-state index is 12.9. The molecule has 1 rings (SSSR count). The molecular formula is C11H17F2O5S-. The van der Waals surface area contributed by atoms with E-state index < -0.39 is 23.3 Å². The summed E-state index contributed by atoms with van der Waals surface area (Å²) in [7, 11) is 0. The average molecular weight is 299 g/mol. The van der Waals surface area contributed by atoms with Crippen LogP contribution < -0.4 is 5.26 Å². The molecular weight excluding hydrogens is 282 g/mol. The Labute approximate surface area is 114 Å². The lowest BCUT2D eigenvalue weighted by Gasteiger charge is -2.21. The SMILES string of the molecule is O=C(OCCCC1CCCCC1)C(F)(F)SOO[O-]. The van der Waals surface area contributed by atoms with Crippen LogP contribution in [0.2, 0.25) is 0 Å². The second kappa shape index (κ2) is 8.68. The van der Waals surface area contributed by atoms with E-state index in [1.807, 2.05) is 0 Å². The van der Waals surface area contributed by atoms with Crippen LogP contribution in [0.3, 0.4) is 0 Å². The fourth-order valence-corrected chi connectivity index (χ4v) is 2.43. The van der Waals surface area contributed by atoms with E-state index in [1.54, 1.807) is 0 Å². The quantitative estimate of drug-likeness (QED) is 0.225. The summed E-state index contributed by atoms with van der Waals surface area (Å²) in [6, 6.07) is 0. The minimum absolute atomic E-state index is 0.0519. The van der Waals surface area contributed by atoms with Gasteiger partial charge in [-0.15, -0.1) is 0 Å². The number of esters is 1. The van der Waals surface area contributed by atoms with Crippen LogP contribution in [0.25, 0.3) is 0 Å². The fraction of sp³-hybridized carbons (Fsp3) is 0.909. The third-order valence-corrected chi connectivity index (χ3v) is 3.62. The molecule has 0 unspecified atom stereocenters. The Morgan fingerprint density at radius 1 is 1.32 bits per heavy atom. The van der Waals surface area contributed by atoms with Crippen molar-refractivity contribution in [3.05, 3.63) is 0 Å². The Kier molecular flexibility index (Phi) is 7.59. The van der Waals surface area contributed by atoms with E-state index in [2.05, 4.69) is 14.1 Å². The van der Waals surface area contributed by atoms with Crippen molar-refractivity contribution in [1.29, 1.82) is 0 Å². The Morgan fingerprint density at radius 2 is 2.00 bits per heavy atom. The number of carbonyl (C=O) groups excluding carboxylic acids is 1. The first-order valence-corrected chi connectivity index (χ1v) is 7.00. The zero-order valence-corrected chi connectivity index (χ0v) is 11.3. The molecule has 0 aromatic rings. The first kappa shape index (κ1) is 16.6. The van der Waals surface area contributed by atoms with Crippen LogP contribution in [0, 0.1) is 5.92 Å². The molecule has 1 saturated carbocycles. The second-order valence-corrected chi connectivity index (χ2v) is 5.33. The number of alkyl halides is 2. The average Bonchev–Trinajstić information content (AvgIpc) is 2.42. The Morgan fingerprint density at radius 3 is 2.63 bits per heavy atom. The minimum atomic E-state index is -3.94. The first-order valence-electron chi connectivity index (χ1n) is 6.25. The zero-order chi connectivity index (χ0) is 14.1. The van der Waals surface area contributed by atoms with Gasteiger partial charge < -0.3 is 9.99 Å². The van der Waals surface area contributed by atoms with Crippen LogP contribution in [0.4, 0.5) is 8.78 Å². The standard InChI is InChI=1S/C11H18F2O5S/c12-11(13,19-18-17-15)10(14)16-8-4-7-9-5-2-1-3-6-9/h9,15H,1-8H2/p-1. The van der Waals surface area contributed by atoms with Crippen molar-refractivity contribution >= 4 is 18.0 Å². The van der Waals surface area contributed by atoms with Crippen molar-refractivity contribution in [3.8, 4) is 0 Å². The van der Waals surface area contributed by atoms with Crippen molar-refractivity contribution in [1.82, 2.24) is 0 Å². The smallest absolute Gasteiger partial charge is 0.415 e. The van der Waals surface area contributed by atoms with Crippen LogP contribution in [0.5, 0.6) is 0 Å². The molecule has 0 amide bonds. The monoisotopic (exact) mass is 299 g/mol. The number of carbonyl (C=O) groups is 1. The maximum atomic E-state index is 12.9. The molecule has 1 aliphatic rings. The molecule has 1 aliphatic carbocycles. The fourth-order valence-electron chi connectivity index (χ4n) is 2.19. The number of halogens is 2. The van der Waals surface area contributed by atoms with Gasteiger partial charge in [0, 0.05) is 0 Å². The molecule has 0 aromatic carbocycles. The summed E-state index contributed by atoms with van der Waals surface area (Å²) in [5, 5.41) is 8.23. The van der Waals surface area contributed by atoms with E-state index in [4.69, 9.17) is 0 Å². The lowest BCUT2D eigenvalue weighted by Crippen LogP contribution is -2.28. The van der Waals surface area contributed by atoms with Crippen LogP contribution in [-0.2, 0) is 18.9 Å². The van der Waals surface area contributed by atoms with Gasteiger partial charge in [0.05, 0.1) is 6.61 Å². The second-order valence-electron chi connectivity index (χ2n) is 4.52. The van der Waals surface area contributed by atoms with Crippen molar-refractivity contribution in [3.63, 3.8) is 0 Å². The third kappa shape index (κ3) is 6.51. The van der Waals surface area contributed by atoms with E-state index in [9.17, 15) is 18.8 Å². The topological polar surface area (TPSA) is 67.8 Å². The normalized spacial score (nSPS) is 17.4.